The molecule has 1 aromatic heterocycles. The molecule has 0 bridgehead atoms. The predicted molar refractivity (Wildman–Crippen MR) is 123 cm³/mol. The van der Waals surface area contributed by atoms with Crippen molar-refractivity contribution in [2.24, 2.45) is 10.1 Å². The zero-order chi connectivity index (χ0) is 20.9. The van der Waals surface area contributed by atoms with Crippen LogP contribution in [0.4, 0.5) is 0 Å². The third kappa shape index (κ3) is 3.36. The summed E-state index contributed by atoms with van der Waals surface area (Å²) in [6.45, 7) is 8.27. The summed E-state index contributed by atoms with van der Waals surface area (Å²) in [4.78, 5) is 16.7. The van der Waals surface area contributed by atoms with Gasteiger partial charge in [0.1, 0.15) is 0 Å². The van der Waals surface area contributed by atoms with Crippen LogP contribution in [-0.4, -0.2) is 37.1 Å². The number of benzene rings is 1. The number of aliphatic imine (C=N–C) groups is 1. The molecular weight excluding hydrogens is 402 g/mol. The summed E-state index contributed by atoms with van der Waals surface area (Å²) >= 11 is 2.79. The van der Waals surface area contributed by atoms with Crippen LogP contribution in [-0.2, 0) is 4.79 Å². The first-order chi connectivity index (χ1) is 13.8. The number of fused-ring (bicyclic) bond motifs is 1. The number of hydrazone groups is 1. The van der Waals surface area contributed by atoms with Crippen molar-refractivity contribution < 1.29 is 4.79 Å². The van der Waals surface area contributed by atoms with Gasteiger partial charge >= 0.3 is 0 Å². The van der Waals surface area contributed by atoms with Gasteiger partial charge in [-0.05, 0) is 86.7 Å². The molecule has 8 heteroatoms. The van der Waals surface area contributed by atoms with Gasteiger partial charge in [0, 0.05) is 17.1 Å². The van der Waals surface area contributed by atoms with E-state index < -0.39 is 5.91 Å². The first kappa shape index (κ1) is 19.7. The highest BCUT2D eigenvalue weighted by molar-refractivity contribution is 8.45. The van der Waals surface area contributed by atoms with E-state index in [9.17, 15) is 4.79 Å². The number of rotatable bonds is 2. The molecule has 0 unspecified atom stereocenters. The highest BCUT2D eigenvalue weighted by Crippen LogP contribution is 2.32. The second-order valence-corrected chi connectivity index (χ2v) is 9.03. The van der Waals surface area contributed by atoms with Crippen LogP contribution < -0.4 is 0 Å². The Bertz CT molecular complexity index is 1160. The molecule has 1 aromatic carbocycles. The van der Waals surface area contributed by atoms with E-state index in [1.807, 2.05) is 26.2 Å². The van der Waals surface area contributed by atoms with Crippen LogP contribution in [0.1, 0.15) is 28.1 Å². The molecule has 1 N–H and O–H groups in total. The number of aromatic nitrogens is 1. The number of carbonyl (C=O) groups excluding carboxylic acids is 1. The molecule has 0 spiro atoms. The molecule has 0 radical (unpaired) electrons. The van der Waals surface area contributed by atoms with Crippen molar-refractivity contribution >= 4 is 50.9 Å². The van der Waals surface area contributed by atoms with Gasteiger partial charge in [0.05, 0.1) is 5.57 Å². The largest absolute Gasteiger partial charge is 0.318 e. The van der Waals surface area contributed by atoms with Crippen LogP contribution in [0.3, 0.4) is 0 Å². The van der Waals surface area contributed by atoms with Gasteiger partial charge in [-0.1, -0.05) is 6.07 Å². The molecular formula is C21H21N5OS2. The second-order valence-electron chi connectivity index (χ2n) is 7.02. The number of amidine groups is 2. The Morgan fingerprint density at radius 1 is 1.14 bits per heavy atom. The number of carbonyl (C=O) groups is 1. The van der Waals surface area contributed by atoms with Crippen LogP contribution in [0.2, 0.25) is 0 Å². The van der Waals surface area contributed by atoms with Crippen LogP contribution in [0.25, 0.3) is 11.8 Å². The van der Waals surface area contributed by atoms with E-state index in [0.29, 0.717) is 5.17 Å². The lowest BCUT2D eigenvalue weighted by molar-refractivity contribution is -0.114. The molecule has 0 atom stereocenters. The Kier molecular flexibility index (Phi) is 5.00. The maximum absolute atomic E-state index is 12.6. The number of nitrogens with one attached hydrogen (secondary N) is 1. The van der Waals surface area contributed by atoms with Gasteiger partial charge in [0.25, 0.3) is 5.91 Å². The molecule has 29 heavy (non-hydrogen) atoms. The fourth-order valence-electron chi connectivity index (χ4n) is 3.41. The van der Waals surface area contributed by atoms with E-state index in [0.717, 1.165) is 27.0 Å². The molecule has 6 nitrogen and oxygen atoms in total. The number of aryl methyl sites for hydroxylation is 3. The lowest BCUT2D eigenvalue weighted by Crippen LogP contribution is -2.35. The van der Waals surface area contributed by atoms with Crippen molar-refractivity contribution in [2.45, 2.75) is 27.7 Å². The van der Waals surface area contributed by atoms with E-state index >= 15 is 0 Å². The average Bonchev–Trinajstić information content (AvgIpc) is 3.21. The molecule has 3 heterocycles. The van der Waals surface area contributed by atoms with Gasteiger partial charge in [-0.3, -0.25) is 10.2 Å². The number of thioether (sulfide) groups is 2. The fourth-order valence-corrected chi connectivity index (χ4v) is 4.75. The van der Waals surface area contributed by atoms with Gasteiger partial charge in [-0.2, -0.15) is 10.0 Å². The molecule has 2 aromatic rings. The monoisotopic (exact) mass is 423 g/mol. The molecule has 0 aliphatic carbocycles. The number of nitrogens with zero attached hydrogens (tertiary/aromatic N) is 4. The van der Waals surface area contributed by atoms with Crippen molar-refractivity contribution in [3.8, 4) is 5.69 Å². The van der Waals surface area contributed by atoms with E-state index in [2.05, 4.69) is 46.7 Å². The second kappa shape index (κ2) is 7.35. The van der Waals surface area contributed by atoms with Gasteiger partial charge < -0.3 is 4.57 Å². The van der Waals surface area contributed by atoms with E-state index in [1.54, 1.807) is 6.08 Å². The number of hydrogen-bond donors (Lipinski definition) is 1. The summed E-state index contributed by atoms with van der Waals surface area (Å²) in [7, 11) is 0. The van der Waals surface area contributed by atoms with Gasteiger partial charge in [-0.25, -0.2) is 0 Å². The highest BCUT2D eigenvalue weighted by Gasteiger charge is 2.35. The molecule has 2 aliphatic heterocycles. The number of amides is 1. The van der Waals surface area contributed by atoms with E-state index in [4.69, 9.17) is 5.41 Å². The number of hydrogen-bond acceptors (Lipinski definition) is 5. The minimum Gasteiger partial charge on any atom is -0.318 e. The first-order valence-corrected chi connectivity index (χ1v) is 11.1. The van der Waals surface area contributed by atoms with E-state index in [1.165, 1.54) is 39.7 Å². The Balaban J connectivity index is 1.76. The van der Waals surface area contributed by atoms with Crippen LogP contribution in [0.5, 0.6) is 0 Å². The van der Waals surface area contributed by atoms with Gasteiger partial charge in [0.2, 0.25) is 5.17 Å². The molecule has 0 saturated heterocycles. The van der Waals surface area contributed by atoms with Crippen molar-refractivity contribution in [1.29, 1.82) is 5.41 Å². The predicted octanol–water partition coefficient (Wildman–Crippen LogP) is 4.65. The standard InChI is InChI=1S/C21H21N5OS2/c1-11-6-7-16(8-12(11)2)25-13(3)9-15(14(25)4)10-17-18(22)26-20(23-19(17)27)29-21(24-26)28-5/h6-10,22H,1-5H3/b17-10+,22-18?. The normalized spacial score (nSPS) is 17.7. The van der Waals surface area contributed by atoms with Gasteiger partial charge in [-0.15, -0.1) is 16.9 Å². The Labute approximate surface area is 178 Å². The average molecular weight is 424 g/mol. The smallest absolute Gasteiger partial charge is 0.283 e. The summed E-state index contributed by atoms with van der Waals surface area (Å²) in [5, 5.41) is 14.7. The lowest BCUT2D eigenvalue weighted by atomic mass is 10.1. The summed E-state index contributed by atoms with van der Waals surface area (Å²) in [6, 6.07) is 8.41. The highest BCUT2D eigenvalue weighted by atomic mass is 32.2. The quantitative estimate of drug-likeness (QED) is 0.714. The minimum atomic E-state index is -0.401. The Hall–Kier alpha value is -2.58. The molecule has 1 amide bonds. The van der Waals surface area contributed by atoms with E-state index in [-0.39, 0.29) is 11.4 Å². The third-order valence-electron chi connectivity index (χ3n) is 5.13. The van der Waals surface area contributed by atoms with Crippen LogP contribution in [0.15, 0.2) is 39.9 Å². The SMILES string of the molecule is CSC1=NN2C(=N)/C(=C\c3cc(C)n(-c4ccc(C)c(C)c4)c3C)C(=O)N=C2S1. The van der Waals surface area contributed by atoms with Crippen molar-refractivity contribution in [3.05, 3.63) is 57.9 Å². The van der Waals surface area contributed by atoms with Crippen LogP contribution in [0, 0.1) is 33.1 Å². The van der Waals surface area contributed by atoms with Crippen LogP contribution >= 0.6 is 23.5 Å². The lowest BCUT2D eigenvalue weighted by Gasteiger charge is -2.20. The van der Waals surface area contributed by atoms with Crippen molar-refractivity contribution in [2.75, 3.05) is 6.26 Å². The van der Waals surface area contributed by atoms with Gasteiger partial charge in [0.15, 0.2) is 10.2 Å². The summed E-state index contributed by atoms with van der Waals surface area (Å²) in [5.41, 5.74) is 6.79. The maximum Gasteiger partial charge on any atom is 0.283 e. The summed E-state index contributed by atoms with van der Waals surface area (Å²) < 4.78 is 2.94. The summed E-state index contributed by atoms with van der Waals surface area (Å²) in [5.74, 6) is -0.338. The molecule has 0 saturated carbocycles. The Morgan fingerprint density at radius 3 is 2.59 bits per heavy atom. The molecule has 2 aliphatic rings. The fraction of sp³-hybridized carbons (Fsp3) is 0.238. The molecule has 0 fully saturated rings. The van der Waals surface area contributed by atoms with Crippen molar-refractivity contribution in [3.63, 3.8) is 0 Å². The summed E-state index contributed by atoms with van der Waals surface area (Å²) in [6.07, 6.45) is 3.66. The third-order valence-corrected chi connectivity index (χ3v) is 7.01. The topological polar surface area (TPSA) is 73.8 Å². The molecule has 148 valence electrons. The first-order valence-electron chi connectivity index (χ1n) is 9.11. The van der Waals surface area contributed by atoms with Crippen molar-refractivity contribution in [1.82, 2.24) is 9.58 Å². The molecule has 4 rings (SSSR count). The zero-order valence-corrected chi connectivity index (χ0v) is 18.5. The zero-order valence-electron chi connectivity index (χ0n) is 16.9. The maximum atomic E-state index is 12.6. The minimum absolute atomic E-state index is 0.0625. The Morgan fingerprint density at radius 2 is 1.90 bits per heavy atom.